The first-order valence-corrected chi connectivity index (χ1v) is 4.75. The fourth-order valence-corrected chi connectivity index (χ4v) is 1.11. The summed E-state index contributed by atoms with van der Waals surface area (Å²) in [5.41, 5.74) is -0.0387. The van der Waals surface area contributed by atoms with Crippen molar-refractivity contribution in [2.75, 3.05) is 11.9 Å². The lowest BCUT2D eigenvalue weighted by atomic mass is 10.3. The standard InChI is InChI=1S/C10H12N2O4/c13-9(14)5-2-6-11-8-4-1-3-7(12-8)10(15)16/h1,3-4H,2,5-6H2,(H,11,12)(H,13,14)(H,15,16). The highest BCUT2D eigenvalue weighted by Gasteiger charge is 2.04. The van der Waals surface area contributed by atoms with Gasteiger partial charge < -0.3 is 15.5 Å². The Morgan fingerprint density at radius 2 is 2.06 bits per heavy atom. The van der Waals surface area contributed by atoms with Crippen LogP contribution in [0.1, 0.15) is 23.3 Å². The van der Waals surface area contributed by atoms with Crippen LogP contribution < -0.4 is 5.32 Å². The number of pyridine rings is 1. The molecule has 86 valence electrons. The van der Waals surface area contributed by atoms with Gasteiger partial charge in [0.05, 0.1) is 0 Å². The Hall–Kier alpha value is -2.11. The van der Waals surface area contributed by atoms with Gasteiger partial charge in [-0.05, 0) is 18.6 Å². The smallest absolute Gasteiger partial charge is 0.354 e. The first-order valence-electron chi connectivity index (χ1n) is 4.75. The van der Waals surface area contributed by atoms with Crippen molar-refractivity contribution >= 4 is 17.8 Å². The number of hydrogen-bond donors (Lipinski definition) is 3. The summed E-state index contributed by atoms with van der Waals surface area (Å²) < 4.78 is 0. The van der Waals surface area contributed by atoms with Gasteiger partial charge in [0.25, 0.3) is 0 Å². The van der Waals surface area contributed by atoms with Gasteiger partial charge >= 0.3 is 11.9 Å². The summed E-state index contributed by atoms with van der Waals surface area (Å²) in [6.07, 6.45) is 0.542. The number of aromatic carboxylic acids is 1. The Bertz CT molecular complexity index is 392. The maximum Gasteiger partial charge on any atom is 0.354 e. The molecule has 3 N–H and O–H groups in total. The van der Waals surface area contributed by atoms with Crippen molar-refractivity contribution < 1.29 is 19.8 Å². The zero-order valence-corrected chi connectivity index (χ0v) is 8.51. The highest BCUT2D eigenvalue weighted by atomic mass is 16.4. The predicted octanol–water partition coefficient (Wildman–Crippen LogP) is 1.06. The number of carboxylic acids is 2. The Kier molecular flexibility index (Phi) is 4.26. The molecule has 0 aliphatic heterocycles. The number of anilines is 1. The zero-order chi connectivity index (χ0) is 12.0. The van der Waals surface area contributed by atoms with Gasteiger partial charge in [-0.3, -0.25) is 4.79 Å². The summed E-state index contributed by atoms with van der Waals surface area (Å²) in [7, 11) is 0. The van der Waals surface area contributed by atoms with Crippen molar-refractivity contribution in [3.05, 3.63) is 23.9 Å². The van der Waals surface area contributed by atoms with E-state index in [2.05, 4.69) is 10.3 Å². The minimum atomic E-state index is -1.09. The first kappa shape index (κ1) is 12.0. The Morgan fingerprint density at radius 1 is 1.31 bits per heavy atom. The van der Waals surface area contributed by atoms with E-state index >= 15 is 0 Å². The Balaban J connectivity index is 2.45. The summed E-state index contributed by atoms with van der Waals surface area (Å²) in [5.74, 6) is -1.51. The molecule has 0 saturated carbocycles. The molecule has 0 unspecified atom stereocenters. The van der Waals surface area contributed by atoms with E-state index in [0.29, 0.717) is 18.8 Å². The third kappa shape index (κ3) is 3.95. The monoisotopic (exact) mass is 224 g/mol. The second kappa shape index (κ2) is 5.69. The first-order chi connectivity index (χ1) is 7.59. The van der Waals surface area contributed by atoms with Crippen molar-refractivity contribution in [1.29, 1.82) is 0 Å². The number of aromatic nitrogens is 1. The van der Waals surface area contributed by atoms with Crippen LogP contribution in [0, 0.1) is 0 Å². The molecule has 1 aromatic rings. The van der Waals surface area contributed by atoms with Crippen LogP contribution in [-0.4, -0.2) is 33.7 Å². The van der Waals surface area contributed by atoms with E-state index in [9.17, 15) is 9.59 Å². The van der Waals surface area contributed by atoms with Crippen LogP contribution in [0.25, 0.3) is 0 Å². The quantitative estimate of drug-likeness (QED) is 0.625. The second-order valence-corrected chi connectivity index (χ2v) is 3.14. The Morgan fingerprint density at radius 3 is 2.69 bits per heavy atom. The molecule has 0 fully saturated rings. The van der Waals surface area contributed by atoms with Crippen molar-refractivity contribution in [2.24, 2.45) is 0 Å². The zero-order valence-electron chi connectivity index (χ0n) is 8.51. The number of aliphatic carboxylic acids is 1. The van der Waals surface area contributed by atoms with E-state index in [-0.39, 0.29) is 12.1 Å². The topological polar surface area (TPSA) is 99.5 Å². The molecule has 16 heavy (non-hydrogen) atoms. The van der Waals surface area contributed by atoms with Gasteiger partial charge in [-0.25, -0.2) is 9.78 Å². The molecule has 0 aromatic carbocycles. The van der Waals surface area contributed by atoms with Crippen molar-refractivity contribution in [3.8, 4) is 0 Å². The molecule has 1 heterocycles. The highest BCUT2D eigenvalue weighted by molar-refractivity contribution is 5.85. The van der Waals surface area contributed by atoms with Crippen LogP contribution in [0.5, 0.6) is 0 Å². The SMILES string of the molecule is O=C(O)CCCNc1cccc(C(=O)O)n1. The summed E-state index contributed by atoms with van der Waals surface area (Å²) in [6.45, 7) is 0.447. The average Bonchev–Trinajstić information content (AvgIpc) is 2.24. The van der Waals surface area contributed by atoms with E-state index in [4.69, 9.17) is 10.2 Å². The van der Waals surface area contributed by atoms with Gasteiger partial charge in [0.15, 0.2) is 5.69 Å². The van der Waals surface area contributed by atoms with Crippen molar-refractivity contribution in [2.45, 2.75) is 12.8 Å². The van der Waals surface area contributed by atoms with Gasteiger partial charge in [-0.15, -0.1) is 0 Å². The molecule has 0 atom stereocenters. The number of hydrogen-bond acceptors (Lipinski definition) is 4. The van der Waals surface area contributed by atoms with Crippen LogP contribution >= 0.6 is 0 Å². The van der Waals surface area contributed by atoms with Crippen LogP contribution in [0.15, 0.2) is 18.2 Å². The van der Waals surface area contributed by atoms with Crippen molar-refractivity contribution in [1.82, 2.24) is 4.98 Å². The number of rotatable bonds is 6. The average molecular weight is 224 g/mol. The van der Waals surface area contributed by atoms with E-state index in [1.54, 1.807) is 12.1 Å². The molecular formula is C10H12N2O4. The van der Waals surface area contributed by atoms with Crippen LogP contribution in [0.2, 0.25) is 0 Å². The fraction of sp³-hybridized carbons (Fsp3) is 0.300. The number of carbonyl (C=O) groups is 2. The summed E-state index contributed by atoms with van der Waals surface area (Å²) in [6, 6.07) is 4.61. The Labute approximate surface area is 91.9 Å². The minimum absolute atomic E-state index is 0.0387. The molecule has 0 saturated heterocycles. The number of nitrogens with one attached hydrogen (secondary N) is 1. The fourth-order valence-electron chi connectivity index (χ4n) is 1.11. The van der Waals surface area contributed by atoms with Gasteiger partial charge in [0, 0.05) is 13.0 Å². The molecule has 1 aromatic heterocycles. The van der Waals surface area contributed by atoms with Gasteiger partial charge in [0.1, 0.15) is 5.82 Å². The maximum absolute atomic E-state index is 10.6. The molecule has 1 rings (SSSR count). The van der Waals surface area contributed by atoms with E-state index in [1.807, 2.05) is 0 Å². The molecule has 0 bridgehead atoms. The van der Waals surface area contributed by atoms with Gasteiger partial charge in [-0.2, -0.15) is 0 Å². The minimum Gasteiger partial charge on any atom is -0.481 e. The third-order valence-corrected chi connectivity index (χ3v) is 1.84. The molecule has 0 aliphatic carbocycles. The van der Waals surface area contributed by atoms with Crippen LogP contribution in [0.3, 0.4) is 0 Å². The number of carboxylic acid groups (broad SMARTS) is 2. The van der Waals surface area contributed by atoms with E-state index in [1.165, 1.54) is 6.07 Å². The molecule has 6 nitrogen and oxygen atoms in total. The number of nitrogens with zero attached hydrogens (tertiary/aromatic N) is 1. The summed E-state index contributed by atoms with van der Waals surface area (Å²) >= 11 is 0. The lowest BCUT2D eigenvalue weighted by Crippen LogP contribution is -2.08. The molecular weight excluding hydrogens is 212 g/mol. The third-order valence-electron chi connectivity index (χ3n) is 1.84. The lowest BCUT2D eigenvalue weighted by Gasteiger charge is -2.04. The lowest BCUT2D eigenvalue weighted by molar-refractivity contribution is -0.137. The normalized spacial score (nSPS) is 9.75. The van der Waals surface area contributed by atoms with E-state index < -0.39 is 11.9 Å². The molecule has 0 spiro atoms. The molecule has 0 amide bonds. The largest absolute Gasteiger partial charge is 0.481 e. The summed E-state index contributed by atoms with van der Waals surface area (Å²) in [4.78, 5) is 24.7. The van der Waals surface area contributed by atoms with Crippen molar-refractivity contribution in [3.63, 3.8) is 0 Å². The van der Waals surface area contributed by atoms with E-state index in [0.717, 1.165) is 0 Å². The van der Waals surface area contributed by atoms with Gasteiger partial charge in [-0.1, -0.05) is 6.07 Å². The molecule has 0 aliphatic rings. The molecule has 6 heteroatoms. The maximum atomic E-state index is 10.6. The van der Waals surface area contributed by atoms with Gasteiger partial charge in [0.2, 0.25) is 0 Å². The van der Waals surface area contributed by atoms with Crippen LogP contribution in [-0.2, 0) is 4.79 Å². The van der Waals surface area contributed by atoms with Crippen LogP contribution in [0.4, 0.5) is 5.82 Å². The summed E-state index contributed by atoms with van der Waals surface area (Å²) in [5, 5.41) is 19.9. The predicted molar refractivity (Wildman–Crippen MR) is 56.6 cm³/mol. The highest BCUT2D eigenvalue weighted by Crippen LogP contribution is 2.05. The molecule has 0 radical (unpaired) electrons. The second-order valence-electron chi connectivity index (χ2n) is 3.14.